The zero-order valence-corrected chi connectivity index (χ0v) is 19.9. The van der Waals surface area contributed by atoms with Crippen LogP contribution in [0.5, 0.6) is 11.6 Å². The number of anilines is 1. The predicted molar refractivity (Wildman–Crippen MR) is 130 cm³/mol. The van der Waals surface area contributed by atoms with E-state index < -0.39 is 11.4 Å². The first kappa shape index (κ1) is 23.5. The number of hydrogen-bond acceptors (Lipinski definition) is 8. The van der Waals surface area contributed by atoms with Crippen molar-refractivity contribution in [3.63, 3.8) is 0 Å². The number of pyridine rings is 3. The van der Waals surface area contributed by atoms with Gasteiger partial charge in [-0.3, -0.25) is 0 Å². The average Bonchev–Trinajstić information content (AvgIpc) is 3.50. The van der Waals surface area contributed by atoms with Crippen molar-refractivity contribution in [2.24, 2.45) is 0 Å². The predicted octanol–water partition coefficient (Wildman–Crippen LogP) is 3.61. The van der Waals surface area contributed by atoms with E-state index in [0.29, 0.717) is 29.3 Å². The Morgan fingerprint density at radius 1 is 1.19 bits per heavy atom. The van der Waals surface area contributed by atoms with E-state index in [4.69, 9.17) is 9.47 Å². The van der Waals surface area contributed by atoms with Crippen molar-refractivity contribution >= 4 is 11.3 Å². The van der Waals surface area contributed by atoms with Crippen LogP contribution in [0.4, 0.5) is 10.2 Å². The Hall–Kier alpha value is -4.23. The summed E-state index contributed by atoms with van der Waals surface area (Å²) in [6.45, 7) is 4.84. The second-order valence-electron chi connectivity index (χ2n) is 9.35. The Balaban J connectivity index is 1.37. The van der Waals surface area contributed by atoms with Crippen molar-refractivity contribution in [2.75, 3.05) is 24.6 Å². The molecule has 1 fully saturated rings. The molecular formula is C26H25FN6O3. The molecule has 9 nitrogen and oxygen atoms in total. The molecule has 0 aromatic carbocycles. The van der Waals surface area contributed by atoms with Gasteiger partial charge in [0.05, 0.1) is 41.8 Å². The summed E-state index contributed by atoms with van der Waals surface area (Å²) >= 11 is 0. The molecule has 184 valence electrons. The van der Waals surface area contributed by atoms with Crippen LogP contribution in [0.3, 0.4) is 0 Å². The summed E-state index contributed by atoms with van der Waals surface area (Å²) in [4.78, 5) is 10.8. The summed E-state index contributed by atoms with van der Waals surface area (Å²) in [6.07, 6.45) is 6.83. The molecule has 0 spiro atoms. The van der Waals surface area contributed by atoms with Crippen LogP contribution < -0.4 is 14.4 Å². The number of rotatable bonds is 7. The first-order valence-corrected chi connectivity index (χ1v) is 11.6. The largest absolute Gasteiger partial charge is 0.489 e. The van der Waals surface area contributed by atoms with Crippen LogP contribution in [-0.2, 0) is 0 Å². The van der Waals surface area contributed by atoms with E-state index in [1.165, 1.54) is 18.3 Å². The van der Waals surface area contributed by atoms with Crippen LogP contribution in [-0.4, -0.2) is 56.1 Å². The lowest BCUT2D eigenvalue weighted by atomic mass is 10.1. The Kier molecular flexibility index (Phi) is 6.16. The standard InChI is InChI=1S/C26H25FN6O3/c1-26(2,34)16-35-21-9-22(25-18(10-28)12-31-33(25)15-21)17-3-5-23(29-11-17)32-8-7-20(14-32)36-24-6-4-19(27)13-30-24/h3-6,9,11-13,15,20,34H,7-8,14,16H2,1-2H3. The number of aliphatic hydroxyl groups is 1. The Bertz CT molecular complexity index is 1410. The van der Waals surface area contributed by atoms with Crippen LogP contribution in [0, 0.1) is 17.1 Å². The summed E-state index contributed by atoms with van der Waals surface area (Å²) in [5.41, 5.74) is 1.66. The first-order chi connectivity index (χ1) is 17.3. The maximum absolute atomic E-state index is 13.1. The topological polar surface area (TPSA) is 109 Å². The van der Waals surface area contributed by atoms with E-state index in [1.807, 2.05) is 18.2 Å². The van der Waals surface area contributed by atoms with Crippen molar-refractivity contribution < 1.29 is 19.0 Å². The molecule has 0 aliphatic carbocycles. The lowest BCUT2D eigenvalue weighted by molar-refractivity contribution is 0.0283. The minimum absolute atomic E-state index is 0.0707. The number of nitrogens with zero attached hydrogens (tertiary/aromatic N) is 6. The maximum Gasteiger partial charge on any atom is 0.213 e. The van der Waals surface area contributed by atoms with E-state index in [2.05, 4.69) is 26.0 Å². The van der Waals surface area contributed by atoms with Gasteiger partial charge in [0, 0.05) is 36.4 Å². The number of nitriles is 1. The van der Waals surface area contributed by atoms with Crippen LogP contribution in [0.15, 0.2) is 55.1 Å². The van der Waals surface area contributed by atoms with Gasteiger partial charge >= 0.3 is 0 Å². The van der Waals surface area contributed by atoms with Crippen LogP contribution in [0.25, 0.3) is 16.6 Å². The summed E-state index contributed by atoms with van der Waals surface area (Å²) in [7, 11) is 0. The van der Waals surface area contributed by atoms with Crippen molar-refractivity contribution in [3.05, 3.63) is 66.5 Å². The number of fused-ring (bicyclic) bond motifs is 1. The molecule has 1 saturated heterocycles. The molecule has 36 heavy (non-hydrogen) atoms. The molecule has 1 aliphatic heterocycles. The molecule has 0 bridgehead atoms. The third-order valence-electron chi connectivity index (χ3n) is 5.81. The fraction of sp³-hybridized carbons (Fsp3) is 0.308. The zero-order chi connectivity index (χ0) is 25.3. The van der Waals surface area contributed by atoms with Crippen molar-refractivity contribution in [1.82, 2.24) is 19.6 Å². The molecule has 1 aliphatic rings. The monoisotopic (exact) mass is 488 g/mol. The SMILES string of the molecule is CC(C)(O)COc1cc(-c2ccc(N3CCC(Oc4ccc(F)cn4)C3)nc2)c2c(C#N)cnn2c1. The highest BCUT2D eigenvalue weighted by Crippen LogP contribution is 2.32. The second-order valence-corrected chi connectivity index (χ2v) is 9.35. The normalized spacial score (nSPS) is 15.8. The van der Waals surface area contributed by atoms with Gasteiger partial charge < -0.3 is 19.5 Å². The number of ether oxygens (including phenoxy) is 2. The maximum atomic E-state index is 13.1. The molecule has 0 amide bonds. The second kappa shape index (κ2) is 9.43. The molecule has 4 aromatic heterocycles. The Labute approximate surface area is 207 Å². The molecule has 1 N–H and O–H groups in total. The third kappa shape index (κ3) is 5.06. The van der Waals surface area contributed by atoms with Gasteiger partial charge in [0.25, 0.3) is 0 Å². The highest BCUT2D eigenvalue weighted by Gasteiger charge is 2.25. The highest BCUT2D eigenvalue weighted by atomic mass is 19.1. The number of aromatic nitrogens is 4. The lowest BCUT2D eigenvalue weighted by Gasteiger charge is -2.19. The Morgan fingerprint density at radius 3 is 2.75 bits per heavy atom. The summed E-state index contributed by atoms with van der Waals surface area (Å²) in [6, 6.07) is 10.7. The van der Waals surface area contributed by atoms with Crippen LogP contribution in [0.2, 0.25) is 0 Å². The van der Waals surface area contributed by atoms with E-state index in [0.717, 1.165) is 36.1 Å². The Morgan fingerprint density at radius 2 is 2.06 bits per heavy atom. The van der Waals surface area contributed by atoms with E-state index in [1.54, 1.807) is 30.8 Å². The van der Waals surface area contributed by atoms with Gasteiger partial charge in [0.1, 0.15) is 36.2 Å². The fourth-order valence-corrected chi connectivity index (χ4v) is 4.11. The van der Waals surface area contributed by atoms with Crippen LogP contribution >= 0.6 is 0 Å². The lowest BCUT2D eigenvalue weighted by Crippen LogP contribution is -2.27. The molecule has 10 heteroatoms. The number of halogens is 1. The smallest absolute Gasteiger partial charge is 0.213 e. The van der Waals surface area contributed by atoms with Gasteiger partial charge in [-0.1, -0.05) is 0 Å². The van der Waals surface area contributed by atoms with Gasteiger partial charge in [0.15, 0.2) is 0 Å². The number of hydrogen-bond donors (Lipinski definition) is 1. The summed E-state index contributed by atoms with van der Waals surface area (Å²) in [5, 5.41) is 23.9. The molecule has 0 radical (unpaired) electrons. The molecule has 5 rings (SSSR count). The molecule has 1 atom stereocenters. The van der Waals surface area contributed by atoms with E-state index in [-0.39, 0.29) is 12.7 Å². The van der Waals surface area contributed by atoms with Crippen molar-refractivity contribution in [3.8, 4) is 28.8 Å². The van der Waals surface area contributed by atoms with Crippen LogP contribution in [0.1, 0.15) is 25.8 Å². The first-order valence-electron chi connectivity index (χ1n) is 11.6. The van der Waals surface area contributed by atoms with Gasteiger partial charge in [0.2, 0.25) is 5.88 Å². The van der Waals surface area contributed by atoms with E-state index in [9.17, 15) is 14.8 Å². The molecule has 0 saturated carbocycles. The van der Waals surface area contributed by atoms with Gasteiger partial charge in [-0.25, -0.2) is 18.9 Å². The van der Waals surface area contributed by atoms with Gasteiger partial charge in [-0.05, 0) is 38.1 Å². The molecule has 1 unspecified atom stereocenters. The van der Waals surface area contributed by atoms with Gasteiger partial charge in [-0.15, -0.1) is 0 Å². The average molecular weight is 489 g/mol. The quantitative estimate of drug-likeness (QED) is 0.420. The highest BCUT2D eigenvalue weighted by molar-refractivity contribution is 5.85. The summed E-state index contributed by atoms with van der Waals surface area (Å²) in [5.74, 6) is 1.32. The van der Waals surface area contributed by atoms with E-state index >= 15 is 0 Å². The third-order valence-corrected chi connectivity index (χ3v) is 5.81. The van der Waals surface area contributed by atoms with Crippen molar-refractivity contribution in [1.29, 1.82) is 5.26 Å². The molecule has 4 aromatic rings. The van der Waals surface area contributed by atoms with Gasteiger partial charge in [-0.2, -0.15) is 10.4 Å². The van der Waals surface area contributed by atoms with Crippen molar-refractivity contribution in [2.45, 2.75) is 32.0 Å². The minimum Gasteiger partial charge on any atom is -0.489 e. The summed E-state index contributed by atoms with van der Waals surface area (Å²) < 4.78 is 26.4. The fourth-order valence-electron chi connectivity index (χ4n) is 4.11. The molecular weight excluding hydrogens is 463 g/mol. The minimum atomic E-state index is -0.996. The molecule has 5 heterocycles. The zero-order valence-electron chi connectivity index (χ0n) is 19.9.